The fraction of sp³-hybridized carbons (Fsp3) is 0.286. The molecule has 196 valence electrons. The van der Waals surface area contributed by atoms with Gasteiger partial charge in [-0.25, -0.2) is 8.42 Å². The number of nitrogens with zero attached hydrogens (tertiary/aromatic N) is 2. The third-order valence-corrected chi connectivity index (χ3v) is 7.00. The molecule has 0 aliphatic carbocycles. The first-order chi connectivity index (χ1) is 17.7. The molecule has 0 saturated heterocycles. The summed E-state index contributed by atoms with van der Waals surface area (Å²) in [6, 6.07) is 24.4. The maximum absolute atomic E-state index is 13.9. The number of hydrogen-bond acceptors (Lipinski definition) is 5. The van der Waals surface area contributed by atoms with Crippen molar-refractivity contribution in [2.24, 2.45) is 0 Å². The molecular weight excluding hydrogens is 490 g/mol. The fourth-order valence-electron chi connectivity index (χ4n) is 3.99. The summed E-state index contributed by atoms with van der Waals surface area (Å²) >= 11 is 0. The second-order valence-corrected chi connectivity index (χ2v) is 10.5. The summed E-state index contributed by atoms with van der Waals surface area (Å²) in [7, 11) is -2.29. The lowest BCUT2D eigenvalue weighted by Crippen LogP contribution is -2.53. The number of likely N-dealkylation sites (N-methyl/N-ethyl adjacent to an activating group) is 1. The summed E-state index contributed by atoms with van der Waals surface area (Å²) in [5, 5.41) is 2.84. The summed E-state index contributed by atoms with van der Waals surface area (Å²) in [4.78, 5) is 28.6. The highest BCUT2D eigenvalue weighted by Crippen LogP contribution is 2.23. The maximum Gasteiger partial charge on any atom is 0.244 e. The lowest BCUT2D eigenvalue weighted by Gasteiger charge is -2.33. The number of amides is 2. The van der Waals surface area contributed by atoms with E-state index in [0.29, 0.717) is 18.0 Å². The molecule has 0 fully saturated rings. The normalized spacial score (nSPS) is 11.9. The Bertz CT molecular complexity index is 1270. The third-order valence-electron chi connectivity index (χ3n) is 5.86. The highest BCUT2D eigenvalue weighted by Gasteiger charge is 2.32. The molecule has 3 aromatic rings. The molecule has 0 aliphatic rings. The largest absolute Gasteiger partial charge is 0.497 e. The molecule has 3 rings (SSSR count). The quantitative estimate of drug-likeness (QED) is 0.393. The van der Waals surface area contributed by atoms with E-state index in [1.807, 2.05) is 67.6 Å². The minimum absolute atomic E-state index is 0.147. The lowest BCUT2D eigenvalue weighted by molar-refractivity contribution is -0.140. The number of carbonyl (C=O) groups is 2. The van der Waals surface area contributed by atoms with Gasteiger partial charge in [0.25, 0.3) is 0 Å². The predicted octanol–water partition coefficient (Wildman–Crippen LogP) is 3.24. The smallest absolute Gasteiger partial charge is 0.244 e. The molecule has 0 radical (unpaired) electrons. The molecular formula is C28H33N3O5S. The Balaban J connectivity index is 2.00. The van der Waals surface area contributed by atoms with Crippen molar-refractivity contribution in [3.8, 4) is 5.75 Å². The van der Waals surface area contributed by atoms with Gasteiger partial charge in [0.05, 0.1) is 19.1 Å². The lowest BCUT2D eigenvalue weighted by atomic mass is 10.0. The van der Waals surface area contributed by atoms with E-state index in [2.05, 4.69) is 5.32 Å². The van der Waals surface area contributed by atoms with Crippen LogP contribution in [0.15, 0.2) is 84.9 Å². The number of nitrogens with one attached hydrogen (secondary N) is 1. The third kappa shape index (κ3) is 7.82. The Labute approximate surface area is 218 Å². The summed E-state index contributed by atoms with van der Waals surface area (Å²) < 4.78 is 31.7. The predicted molar refractivity (Wildman–Crippen MR) is 145 cm³/mol. The molecule has 0 saturated carbocycles. The number of rotatable bonds is 12. The second kappa shape index (κ2) is 12.9. The fourth-order valence-corrected chi connectivity index (χ4v) is 4.84. The zero-order valence-electron chi connectivity index (χ0n) is 21.3. The van der Waals surface area contributed by atoms with Crippen LogP contribution in [-0.4, -0.2) is 57.6 Å². The maximum atomic E-state index is 13.9. The Morgan fingerprint density at radius 1 is 0.892 bits per heavy atom. The Morgan fingerprint density at radius 2 is 1.46 bits per heavy atom. The van der Waals surface area contributed by atoms with Crippen LogP contribution in [0.5, 0.6) is 5.75 Å². The molecule has 0 aliphatic heterocycles. The zero-order valence-corrected chi connectivity index (χ0v) is 22.1. The Morgan fingerprint density at radius 3 is 1.97 bits per heavy atom. The number of hydrogen-bond donors (Lipinski definition) is 1. The topological polar surface area (TPSA) is 96.0 Å². The van der Waals surface area contributed by atoms with Crippen LogP contribution >= 0.6 is 0 Å². The van der Waals surface area contributed by atoms with Crippen molar-refractivity contribution < 1.29 is 22.7 Å². The van der Waals surface area contributed by atoms with Gasteiger partial charge in [-0.3, -0.25) is 13.9 Å². The van der Waals surface area contributed by atoms with Crippen molar-refractivity contribution in [1.82, 2.24) is 10.2 Å². The summed E-state index contributed by atoms with van der Waals surface area (Å²) in [5.41, 5.74) is 2.04. The molecule has 0 bridgehead atoms. The first kappa shape index (κ1) is 27.7. The summed E-state index contributed by atoms with van der Waals surface area (Å²) in [5.74, 6) is -0.225. The van der Waals surface area contributed by atoms with E-state index in [-0.39, 0.29) is 18.9 Å². The van der Waals surface area contributed by atoms with E-state index in [1.165, 1.54) is 12.0 Å². The molecule has 2 amide bonds. The Hall–Kier alpha value is -3.85. The molecule has 0 aromatic heterocycles. The van der Waals surface area contributed by atoms with E-state index in [1.54, 1.807) is 24.3 Å². The monoisotopic (exact) mass is 523 g/mol. The molecule has 0 spiro atoms. The van der Waals surface area contributed by atoms with Crippen LogP contribution in [0.25, 0.3) is 0 Å². The van der Waals surface area contributed by atoms with Crippen molar-refractivity contribution in [1.29, 1.82) is 0 Å². The standard InChI is InChI=1S/C28H33N3O5S/c1-4-29-28(33)26(19-22-11-7-5-8-12-22)30(20-23-13-9-6-10-14-23)27(32)21-31(37(3,34)35)24-15-17-25(36-2)18-16-24/h5-18,26H,4,19-21H2,1-3H3,(H,29,33)/t26-/m1/s1. The molecule has 1 atom stereocenters. The van der Waals surface area contributed by atoms with Gasteiger partial charge < -0.3 is 15.0 Å². The summed E-state index contributed by atoms with van der Waals surface area (Å²) in [6.45, 7) is 1.91. The van der Waals surface area contributed by atoms with Gasteiger partial charge in [0.1, 0.15) is 18.3 Å². The van der Waals surface area contributed by atoms with Crippen LogP contribution in [-0.2, 0) is 32.6 Å². The van der Waals surface area contributed by atoms with Crippen LogP contribution in [0.4, 0.5) is 5.69 Å². The number of anilines is 1. The minimum Gasteiger partial charge on any atom is -0.497 e. The highest BCUT2D eigenvalue weighted by atomic mass is 32.2. The van der Waals surface area contributed by atoms with Crippen molar-refractivity contribution in [3.63, 3.8) is 0 Å². The number of methoxy groups -OCH3 is 1. The average Bonchev–Trinajstić information content (AvgIpc) is 2.90. The molecule has 3 aromatic carbocycles. The van der Waals surface area contributed by atoms with Gasteiger partial charge >= 0.3 is 0 Å². The number of ether oxygens (including phenoxy) is 1. The highest BCUT2D eigenvalue weighted by molar-refractivity contribution is 7.92. The van der Waals surface area contributed by atoms with Gasteiger partial charge in [0.2, 0.25) is 21.8 Å². The number of sulfonamides is 1. The SMILES string of the molecule is CCNC(=O)[C@@H](Cc1ccccc1)N(Cc1ccccc1)C(=O)CN(c1ccc(OC)cc1)S(C)(=O)=O. The van der Waals surface area contributed by atoms with Gasteiger partial charge in [-0.1, -0.05) is 60.7 Å². The zero-order chi connectivity index (χ0) is 26.8. The second-order valence-electron chi connectivity index (χ2n) is 8.57. The van der Waals surface area contributed by atoms with Gasteiger partial charge in [0, 0.05) is 19.5 Å². The minimum atomic E-state index is -3.81. The van der Waals surface area contributed by atoms with Gasteiger partial charge in [0.15, 0.2) is 0 Å². The van der Waals surface area contributed by atoms with E-state index in [4.69, 9.17) is 4.74 Å². The Kier molecular flexibility index (Phi) is 9.68. The van der Waals surface area contributed by atoms with Gasteiger partial charge in [-0.2, -0.15) is 0 Å². The molecule has 8 nitrogen and oxygen atoms in total. The van der Waals surface area contributed by atoms with Crippen LogP contribution in [0, 0.1) is 0 Å². The summed E-state index contributed by atoms with van der Waals surface area (Å²) in [6.07, 6.45) is 1.34. The van der Waals surface area contributed by atoms with E-state index >= 15 is 0 Å². The van der Waals surface area contributed by atoms with E-state index in [9.17, 15) is 18.0 Å². The van der Waals surface area contributed by atoms with Crippen LogP contribution in [0.1, 0.15) is 18.1 Å². The van der Waals surface area contributed by atoms with Crippen LogP contribution in [0.2, 0.25) is 0 Å². The molecule has 0 unspecified atom stereocenters. The average molecular weight is 524 g/mol. The molecule has 37 heavy (non-hydrogen) atoms. The van der Waals surface area contributed by atoms with E-state index in [0.717, 1.165) is 21.7 Å². The molecule has 0 heterocycles. The van der Waals surface area contributed by atoms with Crippen molar-refractivity contribution >= 4 is 27.5 Å². The number of carbonyl (C=O) groups excluding carboxylic acids is 2. The first-order valence-electron chi connectivity index (χ1n) is 12.0. The van der Waals surface area contributed by atoms with Crippen molar-refractivity contribution in [2.45, 2.75) is 25.9 Å². The molecule has 1 N–H and O–H groups in total. The van der Waals surface area contributed by atoms with Gasteiger partial charge in [-0.15, -0.1) is 0 Å². The number of benzene rings is 3. The van der Waals surface area contributed by atoms with Crippen LogP contribution < -0.4 is 14.4 Å². The first-order valence-corrected chi connectivity index (χ1v) is 13.8. The van der Waals surface area contributed by atoms with Gasteiger partial charge in [-0.05, 0) is 42.3 Å². The van der Waals surface area contributed by atoms with E-state index < -0.39 is 28.5 Å². The van der Waals surface area contributed by atoms with Crippen molar-refractivity contribution in [3.05, 3.63) is 96.1 Å². The molecule has 9 heteroatoms. The van der Waals surface area contributed by atoms with Crippen LogP contribution in [0.3, 0.4) is 0 Å². The van der Waals surface area contributed by atoms with Crippen molar-refractivity contribution in [2.75, 3.05) is 30.8 Å².